The van der Waals surface area contributed by atoms with E-state index in [1.165, 1.54) is 11.1 Å². The third kappa shape index (κ3) is 4.82. The number of carboxylic acid groups (broad SMARTS) is 1. The Morgan fingerprint density at radius 1 is 0.971 bits per heavy atom. The van der Waals surface area contributed by atoms with Crippen molar-refractivity contribution in [2.45, 2.75) is 39.3 Å². The lowest BCUT2D eigenvalue weighted by molar-refractivity contribution is 0.0696. The highest BCUT2D eigenvalue weighted by atomic mass is 16.5. The van der Waals surface area contributed by atoms with Gasteiger partial charge in [0, 0.05) is 12.1 Å². The van der Waals surface area contributed by atoms with E-state index in [1.54, 1.807) is 13.2 Å². The number of ether oxygens (including phenoxy) is 1. The van der Waals surface area contributed by atoms with Crippen molar-refractivity contribution in [2.24, 2.45) is 0 Å². The fraction of sp³-hybridized carbons (Fsp3) is 0.233. The summed E-state index contributed by atoms with van der Waals surface area (Å²) in [5, 5.41) is 15.7. The van der Waals surface area contributed by atoms with E-state index in [9.17, 15) is 9.90 Å². The van der Waals surface area contributed by atoms with E-state index in [1.807, 2.05) is 43.3 Å². The summed E-state index contributed by atoms with van der Waals surface area (Å²) >= 11 is 0. The number of hydrogen-bond acceptors (Lipinski definition) is 3. The maximum absolute atomic E-state index is 11.8. The van der Waals surface area contributed by atoms with Crippen molar-refractivity contribution in [1.29, 1.82) is 0 Å². The second kappa shape index (κ2) is 10.1. The first kappa shape index (κ1) is 23.5. The predicted octanol–water partition coefficient (Wildman–Crippen LogP) is 7.32. The number of nitrogens with one attached hydrogen (secondary N) is 1. The fourth-order valence-corrected chi connectivity index (χ4v) is 4.55. The van der Waals surface area contributed by atoms with Crippen molar-refractivity contribution in [3.8, 4) is 16.9 Å². The quantitative estimate of drug-likeness (QED) is 0.293. The average Bonchev–Trinajstić information content (AvgIpc) is 2.86. The minimum Gasteiger partial charge on any atom is -0.497 e. The van der Waals surface area contributed by atoms with Crippen LogP contribution in [0.25, 0.3) is 21.9 Å². The molecule has 174 valence electrons. The Kier molecular flexibility index (Phi) is 6.99. The zero-order valence-electron chi connectivity index (χ0n) is 20.1. The molecule has 1 unspecified atom stereocenters. The van der Waals surface area contributed by atoms with Gasteiger partial charge < -0.3 is 15.2 Å². The van der Waals surface area contributed by atoms with Gasteiger partial charge in [-0.3, -0.25) is 0 Å². The van der Waals surface area contributed by atoms with Gasteiger partial charge in [0.15, 0.2) is 0 Å². The molecule has 0 aliphatic heterocycles. The molecule has 4 aromatic carbocycles. The summed E-state index contributed by atoms with van der Waals surface area (Å²) in [6.07, 6.45) is 0.917. The van der Waals surface area contributed by atoms with Gasteiger partial charge in [0.1, 0.15) is 5.75 Å². The fourth-order valence-electron chi connectivity index (χ4n) is 4.55. The SMILES string of the molecule is CCC(N[C@H](C)c1cccc(OC)c1)c1cc(-c2ccc(C)c(C(=O)O)c2)c2ccccc2c1. The Labute approximate surface area is 201 Å². The second-order valence-electron chi connectivity index (χ2n) is 8.75. The van der Waals surface area contributed by atoms with Gasteiger partial charge in [-0.1, -0.05) is 55.5 Å². The van der Waals surface area contributed by atoms with Crippen LogP contribution in [0.2, 0.25) is 0 Å². The van der Waals surface area contributed by atoms with Gasteiger partial charge >= 0.3 is 5.97 Å². The van der Waals surface area contributed by atoms with Crippen LogP contribution < -0.4 is 10.1 Å². The molecule has 0 saturated carbocycles. The summed E-state index contributed by atoms with van der Waals surface area (Å²) in [4.78, 5) is 11.8. The molecular weight excluding hydrogens is 422 g/mol. The summed E-state index contributed by atoms with van der Waals surface area (Å²) in [7, 11) is 1.68. The molecule has 0 aliphatic carbocycles. The zero-order chi connectivity index (χ0) is 24.2. The van der Waals surface area contributed by atoms with E-state index >= 15 is 0 Å². The van der Waals surface area contributed by atoms with Crippen LogP contribution in [-0.4, -0.2) is 18.2 Å². The molecule has 4 rings (SSSR count). The van der Waals surface area contributed by atoms with Gasteiger partial charge in [0.05, 0.1) is 12.7 Å². The lowest BCUT2D eigenvalue weighted by Gasteiger charge is -2.25. The summed E-state index contributed by atoms with van der Waals surface area (Å²) in [5.41, 5.74) is 5.41. The molecule has 0 aliphatic rings. The van der Waals surface area contributed by atoms with Gasteiger partial charge in [-0.25, -0.2) is 4.79 Å². The molecular formula is C30H31NO3. The number of aromatic carboxylic acids is 1. The number of benzene rings is 4. The normalized spacial score (nSPS) is 12.9. The zero-order valence-corrected chi connectivity index (χ0v) is 20.1. The van der Waals surface area contributed by atoms with Gasteiger partial charge in [-0.05, 0) is 89.2 Å². The largest absolute Gasteiger partial charge is 0.497 e. The van der Waals surface area contributed by atoms with Crippen LogP contribution in [-0.2, 0) is 0 Å². The predicted molar refractivity (Wildman–Crippen MR) is 139 cm³/mol. The number of carboxylic acids is 1. The van der Waals surface area contributed by atoms with E-state index in [-0.39, 0.29) is 12.1 Å². The molecule has 0 radical (unpaired) electrons. The third-order valence-corrected chi connectivity index (χ3v) is 6.52. The highest BCUT2D eigenvalue weighted by molar-refractivity contribution is 5.99. The molecule has 2 atom stereocenters. The smallest absolute Gasteiger partial charge is 0.335 e. The van der Waals surface area contributed by atoms with Crippen LogP contribution in [0.5, 0.6) is 5.75 Å². The molecule has 2 N–H and O–H groups in total. The molecule has 4 aromatic rings. The molecule has 0 spiro atoms. The minimum atomic E-state index is -0.903. The number of carbonyl (C=O) groups is 1. The minimum absolute atomic E-state index is 0.132. The Balaban J connectivity index is 1.77. The molecule has 4 heteroatoms. The number of aryl methyl sites for hydroxylation is 1. The number of hydrogen-bond donors (Lipinski definition) is 2. The lowest BCUT2D eigenvalue weighted by atomic mass is 9.90. The van der Waals surface area contributed by atoms with Crippen LogP contribution in [0.3, 0.4) is 0 Å². The maximum atomic E-state index is 11.8. The molecule has 34 heavy (non-hydrogen) atoms. The highest BCUT2D eigenvalue weighted by Crippen LogP contribution is 2.35. The third-order valence-electron chi connectivity index (χ3n) is 6.52. The van der Waals surface area contributed by atoms with E-state index in [4.69, 9.17) is 4.74 Å². The molecule has 0 saturated heterocycles. The first-order valence-electron chi connectivity index (χ1n) is 11.7. The second-order valence-corrected chi connectivity index (χ2v) is 8.75. The maximum Gasteiger partial charge on any atom is 0.335 e. The van der Waals surface area contributed by atoms with E-state index in [0.717, 1.165) is 39.6 Å². The monoisotopic (exact) mass is 453 g/mol. The van der Waals surface area contributed by atoms with Crippen LogP contribution in [0.1, 0.15) is 59.4 Å². The van der Waals surface area contributed by atoms with E-state index < -0.39 is 5.97 Å². The van der Waals surface area contributed by atoms with Gasteiger partial charge in [0.25, 0.3) is 0 Å². The molecule has 0 heterocycles. The lowest BCUT2D eigenvalue weighted by Crippen LogP contribution is -2.24. The molecule has 4 nitrogen and oxygen atoms in total. The summed E-state index contributed by atoms with van der Waals surface area (Å²) in [6, 6.07) is 26.8. The van der Waals surface area contributed by atoms with Crippen LogP contribution >= 0.6 is 0 Å². The number of rotatable bonds is 8. The van der Waals surface area contributed by atoms with Crippen molar-refractivity contribution < 1.29 is 14.6 Å². The van der Waals surface area contributed by atoms with Gasteiger partial charge in [-0.15, -0.1) is 0 Å². The first-order chi connectivity index (χ1) is 16.4. The Morgan fingerprint density at radius 2 is 1.76 bits per heavy atom. The highest BCUT2D eigenvalue weighted by Gasteiger charge is 2.18. The Bertz CT molecular complexity index is 1330. The van der Waals surface area contributed by atoms with Crippen molar-refractivity contribution >= 4 is 16.7 Å². The van der Waals surface area contributed by atoms with Crippen molar-refractivity contribution in [3.05, 3.63) is 101 Å². The van der Waals surface area contributed by atoms with Crippen LogP contribution in [0.15, 0.2) is 78.9 Å². The standard InChI is InChI=1S/C30H31NO3/c1-5-29(31-20(3)21-10-8-11-25(16-21)34-4)24-15-22-9-6-7-12-26(22)28(18-24)23-14-13-19(2)27(17-23)30(32)33/h6-18,20,29,31H,5H2,1-4H3,(H,32,33)/t20-,29?/m1/s1. The van der Waals surface area contributed by atoms with Gasteiger partial charge in [0.2, 0.25) is 0 Å². The van der Waals surface area contributed by atoms with Crippen LogP contribution in [0, 0.1) is 6.92 Å². The topological polar surface area (TPSA) is 58.6 Å². The average molecular weight is 454 g/mol. The van der Waals surface area contributed by atoms with Crippen LogP contribution in [0.4, 0.5) is 0 Å². The first-order valence-corrected chi connectivity index (χ1v) is 11.7. The summed E-state index contributed by atoms with van der Waals surface area (Å²) < 4.78 is 5.40. The number of fused-ring (bicyclic) bond motifs is 1. The molecule has 0 aromatic heterocycles. The number of methoxy groups -OCH3 is 1. The summed E-state index contributed by atoms with van der Waals surface area (Å²) in [6.45, 7) is 6.18. The van der Waals surface area contributed by atoms with Crippen molar-refractivity contribution in [3.63, 3.8) is 0 Å². The Morgan fingerprint density at radius 3 is 2.50 bits per heavy atom. The molecule has 0 bridgehead atoms. The van der Waals surface area contributed by atoms with Crippen molar-refractivity contribution in [1.82, 2.24) is 5.32 Å². The molecule has 0 fully saturated rings. The van der Waals surface area contributed by atoms with Crippen molar-refractivity contribution in [2.75, 3.05) is 7.11 Å². The van der Waals surface area contributed by atoms with E-state index in [0.29, 0.717) is 5.56 Å². The van der Waals surface area contributed by atoms with E-state index in [2.05, 4.69) is 55.6 Å². The van der Waals surface area contributed by atoms with Gasteiger partial charge in [-0.2, -0.15) is 0 Å². The summed E-state index contributed by atoms with van der Waals surface area (Å²) in [5.74, 6) is -0.0548. The Hall–Kier alpha value is -3.63. The molecule has 0 amide bonds.